The predicted molar refractivity (Wildman–Crippen MR) is 73.4 cm³/mol. The summed E-state index contributed by atoms with van der Waals surface area (Å²) in [6, 6.07) is 0.368. The maximum atomic E-state index is 4.37. The van der Waals surface area contributed by atoms with Gasteiger partial charge in [-0.2, -0.15) is 0 Å². The van der Waals surface area contributed by atoms with E-state index in [0.717, 1.165) is 6.54 Å². The second-order valence-corrected chi connectivity index (χ2v) is 6.22. The number of thiazole rings is 1. The van der Waals surface area contributed by atoms with E-state index in [1.807, 2.05) is 11.6 Å². The lowest BCUT2D eigenvalue weighted by atomic mass is 9.95. The van der Waals surface area contributed by atoms with E-state index in [-0.39, 0.29) is 0 Å². The quantitative estimate of drug-likeness (QED) is 0.874. The molecule has 17 heavy (non-hydrogen) atoms. The highest BCUT2D eigenvalue weighted by Crippen LogP contribution is 2.33. The summed E-state index contributed by atoms with van der Waals surface area (Å²) in [5, 5.41) is 6.89. The molecule has 1 heterocycles. The van der Waals surface area contributed by atoms with Crippen LogP contribution in [-0.2, 0) is 0 Å². The van der Waals surface area contributed by atoms with Crippen LogP contribution in [0, 0.1) is 0 Å². The fourth-order valence-electron chi connectivity index (χ4n) is 2.69. The molecule has 3 nitrogen and oxygen atoms in total. The van der Waals surface area contributed by atoms with Gasteiger partial charge in [0.25, 0.3) is 0 Å². The van der Waals surface area contributed by atoms with Crippen molar-refractivity contribution in [1.82, 2.24) is 15.2 Å². The zero-order valence-electron chi connectivity index (χ0n) is 11.1. The molecule has 1 aliphatic rings. The lowest BCUT2D eigenvalue weighted by Gasteiger charge is -2.37. The maximum Gasteiger partial charge on any atom is 0.109 e. The molecule has 0 radical (unpaired) electrons. The second-order valence-electron chi connectivity index (χ2n) is 5.30. The van der Waals surface area contributed by atoms with Crippen molar-refractivity contribution >= 4 is 11.3 Å². The van der Waals surface area contributed by atoms with Crippen molar-refractivity contribution in [2.45, 2.75) is 44.2 Å². The highest BCUT2D eigenvalue weighted by atomic mass is 32.1. The summed E-state index contributed by atoms with van der Waals surface area (Å²) in [5.41, 5.74) is 0.367. The first-order chi connectivity index (χ1) is 8.14. The first-order valence-corrected chi connectivity index (χ1v) is 7.32. The normalized spacial score (nSPS) is 20.9. The third-order valence-corrected chi connectivity index (χ3v) is 5.00. The van der Waals surface area contributed by atoms with Crippen LogP contribution in [0.3, 0.4) is 0 Å². The smallest absolute Gasteiger partial charge is 0.109 e. The standard InChI is InChI=1S/C13H23N3S/c1-11(12-14-8-9-17-12)15-10-13(16(2)3)6-4-5-7-13/h8-9,11,15H,4-7,10H2,1-3H3. The average molecular weight is 253 g/mol. The van der Waals surface area contributed by atoms with E-state index in [9.17, 15) is 0 Å². The molecule has 2 rings (SSSR count). The zero-order valence-corrected chi connectivity index (χ0v) is 11.9. The largest absolute Gasteiger partial charge is 0.306 e. The minimum absolute atomic E-state index is 0.367. The van der Waals surface area contributed by atoms with Gasteiger partial charge < -0.3 is 10.2 Å². The summed E-state index contributed by atoms with van der Waals surface area (Å²) in [5.74, 6) is 0. The van der Waals surface area contributed by atoms with Crippen molar-refractivity contribution in [1.29, 1.82) is 0 Å². The van der Waals surface area contributed by atoms with E-state index in [2.05, 4.69) is 36.2 Å². The van der Waals surface area contributed by atoms with Crippen LogP contribution in [0.1, 0.15) is 43.7 Å². The topological polar surface area (TPSA) is 28.2 Å². The van der Waals surface area contributed by atoms with Crippen LogP contribution < -0.4 is 5.32 Å². The molecule has 4 heteroatoms. The van der Waals surface area contributed by atoms with Crippen LogP contribution in [-0.4, -0.2) is 36.1 Å². The van der Waals surface area contributed by atoms with Gasteiger partial charge in [-0.05, 0) is 33.9 Å². The summed E-state index contributed by atoms with van der Waals surface area (Å²) in [7, 11) is 4.42. The molecular weight excluding hydrogens is 230 g/mol. The monoisotopic (exact) mass is 253 g/mol. The van der Waals surface area contributed by atoms with Gasteiger partial charge in [0.15, 0.2) is 0 Å². The number of nitrogens with one attached hydrogen (secondary N) is 1. The number of nitrogens with zero attached hydrogens (tertiary/aromatic N) is 2. The molecule has 0 saturated heterocycles. The third kappa shape index (κ3) is 2.87. The Morgan fingerprint density at radius 1 is 1.47 bits per heavy atom. The van der Waals surface area contributed by atoms with Crippen LogP contribution in [0.2, 0.25) is 0 Å². The van der Waals surface area contributed by atoms with E-state index >= 15 is 0 Å². The van der Waals surface area contributed by atoms with Crippen LogP contribution >= 0.6 is 11.3 Å². The van der Waals surface area contributed by atoms with Gasteiger partial charge in [0.2, 0.25) is 0 Å². The van der Waals surface area contributed by atoms with Crippen molar-refractivity contribution in [3.8, 4) is 0 Å². The summed E-state index contributed by atoms with van der Waals surface area (Å²) >= 11 is 1.73. The van der Waals surface area contributed by atoms with Gasteiger partial charge in [-0.3, -0.25) is 0 Å². The van der Waals surface area contributed by atoms with Crippen molar-refractivity contribution < 1.29 is 0 Å². The molecule has 1 unspecified atom stereocenters. The molecule has 0 bridgehead atoms. The third-order valence-electron chi connectivity index (χ3n) is 4.04. The van der Waals surface area contributed by atoms with Gasteiger partial charge in [0, 0.05) is 23.7 Å². The van der Waals surface area contributed by atoms with E-state index in [1.54, 1.807) is 11.3 Å². The lowest BCUT2D eigenvalue weighted by molar-refractivity contribution is 0.150. The Hall–Kier alpha value is -0.450. The van der Waals surface area contributed by atoms with Crippen molar-refractivity contribution in [3.05, 3.63) is 16.6 Å². The number of rotatable bonds is 5. The second kappa shape index (κ2) is 5.46. The van der Waals surface area contributed by atoms with Gasteiger partial charge in [-0.15, -0.1) is 11.3 Å². The molecule has 0 amide bonds. The Morgan fingerprint density at radius 3 is 2.71 bits per heavy atom. The summed E-state index contributed by atoms with van der Waals surface area (Å²) in [6.45, 7) is 3.28. The van der Waals surface area contributed by atoms with Crippen LogP contribution in [0.4, 0.5) is 0 Å². The SMILES string of the molecule is CC(NCC1(N(C)C)CCCC1)c1nccs1. The highest BCUT2D eigenvalue weighted by Gasteiger charge is 2.35. The van der Waals surface area contributed by atoms with Gasteiger partial charge >= 0.3 is 0 Å². The van der Waals surface area contributed by atoms with E-state index < -0.39 is 0 Å². The first-order valence-electron chi connectivity index (χ1n) is 6.44. The fraction of sp³-hybridized carbons (Fsp3) is 0.769. The molecule has 0 aromatic carbocycles. The molecule has 1 fully saturated rings. The molecular formula is C13H23N3S. The molecule has 0 aliphatic heterocycles. The molecule has 0 spiro atoms. The Bertz CT molecular complexity index is 328. The van der Waals surface area contributed by atoms with Crippen LogP contribution in [0.15, 0.2) is 11.6 Å². The minimum Gasteiger partial charge on any atom is -0.306 e. The van der Waals surface area contributed by atoms with Gasteiger partial charge in [-0.25, -0.2) is 4.98 Å². The van der Waals surface area contributed by atoms with Gasteiger partial charge in [0.1, 0.15) is 5.01 Å². The molecule has 1 atom stereocenters. The predicted octanol–water partition coefficient (Wildman–Crippen LogP) is 2.67. The molecule has 96 valence electrons. The first kappa shape index (κ1) is 13.0. The van der Waals surface area contributed by atoms with Gasteiger partial charge in [-0.1, -0.05) is 12.8 Å². The Labute approximate surface area is 108 Å². The van der Waals surface area contributed by atoms with E-state index in [4.69, 9.17) is 0 Å². The summed E-state index contributed by atoms with van der Waals surface area (Å²) in [6.07, 6.45) is 7.25. The van der Waals surface area contributed by atoms with Crippen LogP contribution in [0.5, 0.6) is 0 Å². The minimum atomic E-state index is 0.367. The molecule has 1 aliphatic carbocycles. The zero-order chi connectivity index (χ0) is 12.3. The Balaban J connectivity index is 1.92. The number of hydrogen-bond acceptors (Lipinski definition) is 4. The highest BCUT2D eigenvalue weighted by molar-refractivity contribution is 7.09. The van der Waals surface area contributed by atoms with E-state index in [0.29, 0.717) is 11.6 Å². The number of hydrogen-bond donors (Lipinski definition) is 1. The van der Waals surface area contributed by atoms with Crippen LogP contribution in [0.25, 0.3) is 0 Å². The molecule has 1 aromatic heterocycles. The van der Waals surface area contributed by atoms with Crippen molar-refractivity contribution in [2.24, 2.45) is 0 Å². The lowest BCUT2D eigenvalue weighted by Crippen LogP contribution is -2.50. The Morgan fingerprint density at radius 2 is 2.18 bits per heavy atom. The summed E-state index contributed by atoms with van der Waals surface area (Å²) < 4.78 is 0. The number of aromatic nitrogens is 1. The average Bonchev–Trinajstić information content (AvgIpc) is 2.97. The van der Waals surface area contributed by atoms with Gasteiger partial charge in [0.05, 0.1) is 6.04 Å². The Kier molecular flexibility index (Phi) is 4.17. The maximum absolute atomic E-state index is 4.37. The number of likely N-dealkylation sites (N-methyl/N-ethyl adjacent to an activating group) is 1. The molecule has 1 aromatic rings. The fourth-order valence-corrected chi connectivity index (χ4v) is 3.36. The van der Waals surface area contributed by atoms with E-state index in [1.165, 1.54) is 30.7 Å². The molecule has 1 N–H and O–H groups in total. The molecule has 1 saturated carbocycles. The summed E-state index contributed by atoms with van der Waals surface area (Å²) in [4.78, 5) is 6.78. The van der Waals surface area contributed by atoms with Crippen molar-refractivity contribution in [2.75, 3.05) is 20.6 Å². The van der Waals surface area contributed by atoms with Crippen molar-refractivity contribution in [3.63, 3.8) is 0 Å².